The van der Waals surface area contributed by atoms with E-state index in [0.717, 1.165) is 5.56 Å². The Morgan fingerprint density at radius 1 is 1.00 bits per heavy atom. The van der Waals surface area contributed by atoms with Crippen LogP contribution < -0.4 is 14.8 Å². The van der Waals surface area contributed by atoms with Crippen molar-refractivity contribution in [3.05, 3.63) is 71.8 Å². The number of amides is 1. The lowest BCUT2D eigenvalue weighted by atomic mass is 10.2. The molecule has 0 unspecified atom stereocenters. The second kappa shape index (κ2) is 7.62. The third-order valence-corrected chi connectivity index (χ3v) is 4.23. The highest BCUT2D eigenvalue weighted by Crippen LogP contribution is 2.27. The molecule has 0 spiro atoms. The Balaban J connectivity index is 1.44. The van der Waals surface area contributed by atoms with Crippen LogP contribution in [0.5, 0.6) is 11.5 Å². The molecular weight excluding hydrogens is 380 g/mol. The van der Waals surface area contributed by atoms with Gasteiger partial charge >= 0.3 is 6.09 Å². The van der Waals surface area contributed by atoms with Crippen molar-refractivity contribution in [2.75, 3.05) is 12.4 Å². The Hall–Kier alpha value is -3.51. The Morgan fingerprint density at radius 3 is 2.43 bits per heavy atom. The van der Waals surface area contributed by atoms with Crippen molar-refractivity contribution in [3.8, 4) is 23.0 Å². The second-order valence-electron chi connectivity index (χ2n) is 5.90. The van der Waals surface area contributed by atoms with Crippen molar-refractivity contribution in [2.24, 2.45) is 0 Å². The fourth-order valence-corrected chi connectivity index (χ4v) is 2.78. The summed E-state index contributed by atoms with van der Waals surface area (Å²) in [6.45, 7) is 0. The molecule has 0 atom stereocenters. The van der Waals surface area contributed by atoms with Crippen LogP contribution in [0.4, 0.5) is 10.5 Å². The number of anilines is 1. The van der Waals surface area contributed by atoms with Crippen molar-refractivity contribution in [1.82, 2.24) is 4.98 Å². The number of carbonyl (C=O) groups excluding carboxylic acids is 1. The zero-order valence-corrected chi connectivity index (χ0v) is 15.6. The van der Waals surface area contributed by atoms with Gasteiger partial charge in [0, 0.05) is 16.3 Å². The van der Waals surface area contributed by atoms with Crippen LogP contribution in [0.1, 0.15) is 0 Å². The van der Waals surface area contributed by atoms with Crippen molar-refractivity contribution in [3.63, 3.8) is 0 Å². The Kier molecular flexibility index (Phi) is 4.87. The minimum absolute atomic E-state index is 0.417. The Labute approximate surface area is 165 Å². The van der Waals surface area contributed by atoms with Crippen LogP contribution >= 0.6 is 11.6 Å². The van der Waals surface area contributed by atoms with Gasteiger partial charge in [-0.25, -0.2) is 9.78 Å². The number of halogens is 1. The molecule has 3 aromatic carbocycles. The summed E-state index contributed by atoms with van der Waals surface area (Å²) < 4.78 is 16.0. The number of hydrogen-bond acceptors (Lipinski definition) is 5. The summed E-state index contributed by atoms with van der Waals surface area (Å²) >= 11 is 5.98. The van der Waals surface area contributed by atoms with E-state index in [-0.39, 0.29) is 0 Å². The van der Waals surface area contributed by atoms with E-state index in [0.29, 0.717) is 39.2 Å². The lowest BCUT2D eigenvalue weighted by Gasteiger charge is -2.07. The molecule has 4 rings (SSSR count). The molecule has 4 aromatic rings. The molecule has 1 heterocycles. The van der Waals surface area contributed by atoms with Gasteiger partial charge in [0.2, 0.25) is 5.89 Å². The number of rotatable bonds is 4. The first kappa shape index (κ1) is 17.9. The van der Waals surface area contributed by atoms with E-state index in [1.165, 1.54) is 0 Å². The van der Waals surface area contributed by atoms with Crippen LogP contribution in [0.2, 0.25) is 5.02 Å². The molecule has 0 bridgehead atoms. The number of methoxy groups -OCH3 is 1. The van der Waals surface area contributed by atoms with Gasteiger partial charge in [-0.05, 0) is 66.7 Å². The van der Waals surface area contributed by atoms with Crippen LogP contribution in [-0.4, -0.2) is 18.2 Å². The third kappa shape index (κ3) is 3.92. The number of nitrogens with zero attached hydrogens (tertiary/aromatic N) is 1. The van der Waals surface area contributed by atoms with Crippen molar-refractivity contribution in [1.29, 1.82) is 0 Å². The molecular formula is C21H15ClN2O4. The van der Waals surface area contributed by atoms with Crippen LogP contribution in [0.15, 0.2) is 71.1 Å². The van der Waals surface area contributed by atoms with Gasteiger partial charge in [0.25, 0.3) is 0 Å². The average Bonchev–Trinajstić information content (AvgIpc) is 3.12. The summed E-state index contributed by atoms with van der Waals surface area (Å²) in [5.74, 6) is 1.58. The van der Waals surface area contributed by atoms with Crippen molar-refractivity contribution in [2.45, 2.75) is 0 Å². The van der Waals surface area contributed by atoms with Gasteiger partial charge in [0.15, 0.2) is 5.58 Å². The molecule has 0 aliphatic carbocycles. The maximum absolute atomic E-state index is 12.0. The molecule has 0 saturated carbocycles. The molecule has 0 fully saturated rings. The van der Waals surface area contributed by atoms with Gasteiger partial charge in [-0.15, -0.1) is 0 Å². The summed E-state index contributed by atoms with van der Waals surface area (Å²) in [7, 11) is 1.57. The first-order valence-electron chi connectivity index (χ1n) is 8.40. The molecule has 0 aliphatic heterocycles. The van der Waals surface area contributed by atoms with E-state index in [2.05, 4.69) is 10.3 Å². The van der Waals surface area contributed by atoms with E-state index >= 15 is 0 Å². The lowest BCUT2D eigenvalue weighted by Crippen LogP contribution is -2.16. The number of nitrogens with one attached hydrogen (secondary N) is 1. The van der Waals surface area contributed by atoms with Gasteiger partial charge in [0.05, 0.1) is 7.11 Å². The highest BCUT2D eigenvalue weighted by molar-refractivity contribution is 6.31. The topological polar surface area (TPSA) is 73.6 Å². The minimum atomic E-state index is -0.588. The monoisotopic (exact) mass is 394 g/mol. The number of benzene rings is 3. The van der Waals surface area contributed by atoms with Crippen molar-refractivity contribution >= 4 is 34.5 Å². The summed E-state index contributed by atoms with van der Waals surface area (Å²) in [6.07, 6.45) is -0.588. The molecule has 28 heavy (non-hydrogen) atoms. The van der Waals surface area contributed by atoms with E-state index < -0.39 is 6.09 Å². The maximum atomic E-state index is 12.0. The number of oxazole rings is 1. The van der Waals surface area contributed by atoms with E-state index in [4.69, 9.17) is 25.5 Å². The summed E-state index contributed by atoms with van der Waals surface area (Å²) in [5, 5.41) is 3.27. The molecule has 140 valence electrons. The van der Waals surface area contributed by atoms with Crippen molar-refractivity contribution < 1.29 is 18.7 Å². The maximum Gasteiger partial charge on any atom is 0.417 e. The number of hydrogen-bond donors (Lipinski definition) is 1. The molecule has 1 N–H and O–H groups in total. The molecule has 1 aromatic heterocycles. The quantitative estimate of drug-likeness (QED) is 0.475. The smallest absolute Gasteiger partial charge is 0.417 e. The molecule has 1 amide bonds. The van der Waals surface area contributed by atoms with Gasteiger partial charge in [-0.1, -0.05) is 11.6 Å². The van der Waals surface area contributed by atoms with Gasteiger partial charge in [-0.3, -0.25) is 5.32 Å². The predicted octanol–water partition coefficient (Wildman–Crippen LogP) is 5.77. The fourth-order valence-electron chi connectivity index (χ4n) is 2.61. The second-order valence-corrected chi connectivity index (χ2v) is 6.33. The van der Waals surface area contributed by atoms with E-state index in [1.54, 1.807) is 73.8 Å². The number of fused-ring (bicyclic) bond motifs is 1. The largest absolute Gasteiger partial charge is 0.497 e. The summed E-state index contributed by atoms with van der Waals surface area (Å²) in [6, 6.07) is 19.1. The van der Waals surface area contributed by atoms with E-state index in [1.807, 2.05) is 0 Å². The van der Waals surface area contributed by atoms with Crippen LogP contribution in [0.25, 0.3) is 22.6 Å². The highest BCUT2D eigenvalue weighted by atomic mass is 35.5. The first-order chi connectivity index (χ1) is 13.6. The molecule has 6 nitrogen and oxygen atoms in total. The van der Waals surface area contributed by atoms with E-state index in [9.17, 15) is 4.79 Å². The average molecular weight is 395 g/mol. The zero-order chi connectivity index (χ0) is 19.5. The summed E-state index contributed by atoms with van der Waals surface area (Å²) in [5.41, 5.74) is 2.71. The van der Waals surface area contributed by atoms with Crippen LogP contribution in [0, 0.1) is 0 Å². The molecule has 0 radical (unpaired) electrons. The number of ether oxygens (including phenoxy) is 2. The van der Waals surface area contributed by atoms with Gasteiger partial charge in [0.1, 0.15) is 17.0 Å². The summed E-state index contributed by atoms with van der Waals surface area (Å²) in [4.78, 5) is 16.5. The van der Waals surface area contributed by atoms with Gasteiger partial charge in [-0.2, -0.15) is 0 Å². The standard InChI is InChI=1S/C21H15ClN2O4/c1-26-16-7-9-17(10-8-16)27-21(25)23-15-5-2-13(3-6-15)20-24-18-12-14(22)4-11-19(18)28-20/h2-12H,1H3,(H,23,25). The lowest BCUT2D eigenvalue weighted by molar-refractivity contribution is 0.215. The first-order valence-corrected chi connectivity index (χ1v) is 8.78. The molecule has 0 aliphatic rings. The highest BCUT2D eigenvalue weighted by Gasteiger charge is 2.10. The fraction of sp³-hybridized carbons (Fsp3) is 0.0476. The third-order valence-electron chi connectivity index (χ3n) is 4.00. The van der Waals surface area contributed by atoms with Crippen LogP contribution in [-0.2, 0) is 0 Å². The number of carbonyl (C=O) groups is 1. The Morgan fingerprint density at radius 2 is 1.71 bits per heavy atom. The predicted molar refractivity (Wildman–Crippen MR) is 107 cm³/mol. The normalized spacial score (nSPS) is 10.6. The molecule has 7 heteroatoms. The zero-order valence-electron chi connectivity index (χ0n) is 14.8. The number of aromatic nitrogens is 1. The molecule has 0 saturated heterocycles. The van der Waals surface area contributed by atoms with Gasteiger partial charge < -0.3 is 13.9 Å². The SMILES string of the molecule is COc1ccc(OC(=O)Nc2ccc(-c3nc4cc(Cl)ccc4o3)cc2)cc1. The minimum Gasteiger partial charge on any atom is -0.497 e. The van der Waals surface area contributed by atoms with Crippen LogP contribution in [0.3, 0.4) is 0 Å². The Bertz CT molecular complexity index is 1120.